The average molecular weight is 412 g/mol. The lowest BCUT2D eigenvalue weighted by molar-refractivity contribution is -0.121. The molecule has 1 aromatic carbocycles. The molecule has 158 valence electrons. The smallest absolute Gasteiger partial charge is 0.240 e. The molecule has 0 aliphatic rings. The number of nitrogens with one attached hydrogen (secondary N) is 3. The van der Waals surface area contributed by atoms with Gasteiger partial charge >= 0.3 is 0 Å². The van der Waals surface area contributed by atoms with Crippen molar-refractivity contribution in [3.63, 3.8) is 0 Å². The second-order valence-corrected chi connectivity index (χ2v) is 9.01. The zero-order chi connectivity index (χ0) is 21.2. The third kappa shape index (κ3) is 8.84. The van der Waals surface area contributed by atoms with Crippen molar-refractivity contribution in [1.29, 1.82) is 0 Å². The molecule has 0 saturated heterocycles. The quantitative estimate of drug-likeness (QED) is 0.460. The van der Waals surface area contributed by atoms with Gasteiger partial charge in [0, 0.05) is 31.6 Å². The Morgan fingerprint density at radius 2 is 1.68 bits per heavy atom. The van der Waals surface area contributed by atoms with Crippen molar-refractivity contribution >= 4 is 27.5 Å². The number of amides is 2. The van der Waals surface area contributed by atoms with Gasteiger partial charge in [-0.15, -0.1) is 0 Å². The van der Waals surface area contributed by atoms with Crippen LogP contribution >= 0.6 is 0 Å². The summed E-state index contributed by atoms with van der Waals surface area (Å²) in [6.07, 6.45) is 4.38. The van der Waals surface area contributed by atoms with E-state index in [9.17, 15) is 18.0 Å². The molecule has 0 aliphatic carbocycles. The summed E-state index contributed by atoms with van der Waals surface area (Å²) >= 11 is 0. The summed E-state index contributed by atoms with van der Waals surface area (Å²) in [5.41, 5.74) is 0.523. The van der Waals surface area contributed by atoms with E-state index in [-0.39, 0.29) is 29.0 Å². The molecular weight excluding hydrogens is 378 g/mol. The SMILES string of the molecule is CCCCCCNC(=O)C[C@@H](NS(=O)(=O)c1ccc(NC(C)=O)cc1)C(C)C. The maximum absolute atomic E-state index is 12.7. The van der Waals surface area contributed by atoms with Crippen molar-refractivity contribution < 1.29 is 18.0 Å². The van der Waals surface area contributed by atoms with Crippen molar-refractivity contribution in [1.82, 2.24) is 10.0 Å². The molecule has 0 aliphatic heterocycles. The predicted molar refractivity (Wildman–Crippen MR) is 111 cm³/mol. The minimum absolute atomic E-state index is 0.0423. The van der Waals surface area contributed by atoms with Gasteiger partial charge in [-0.05, 0) is 36.6 Å². The highest BCUT2D eigenvalue weighted by Crippen LogP contribution is 2.17. The van der Waals surface area contributed by atoms with Crippen molar-refractivity contribution in [3.05, 3.63) is 24.3 Å². The summed E-state index contributed by atoms with van der Waals surface area (Å²) in [7, 11) is -3.77. The molecule has 0 spiro atoms. The van der Waals surface area contributed by atoms with E-state index in [2.05, 4.69) is 22.3 Å². The first-order chi connectivity index (χ1) is 13.2. The minimum atomic E-state index is -3.77. The fraction of sp³-hybridized carbons (Fsp3) is 0.600. The Morgan fingerprint density at radius 3 is 2.21 bits per heavy atom. The Bertz CT molecular complexity index is 730. The standard InChI is InChI=1S/C20H33N3O4S/c1-5-6-7-8-13-21-20(25)14-19(15(2)3)23-28(26,27)18-11-9-17(10-12-18)22-16(4)24/h9-12,15,19,23H,5-8,13-14H2,1-4H3,(H,21,25)(H,22,24)/t19-/m1/s1. The Kier molecular flexibility index (Phi) is 10.2. The van der Waals surface area contributed by atoms with Crippen LogP contribution in [0.25, 0.3) is 0 Å². The summed E-state index contributed by atoms with van der Waals surface area (Å²) in [5.74, 6) is -0.424. The van der Waals surface area contributed by atoms with Gasteiger partial charge in [-0.25, -0.2) is 13.1 Å². The lowest BCUT2D eigenvalue weighted by Gasteiger charge is -2.22. The van der Waals surface area contributed by atoms with Gasteiger partial charge < -0.3 is 10.6 Å². The van der Waals surface area contributed by atoms with Crippen LogP contribution in [0, 0.1) is 5.92 Å². The highest BCUT2D eigenvalue weighted by atomic mass is 32.2. The predicted octanol–water partition coefficient (Wildman–Crippen LogP) is 3.03. The molecule has 0 radical (unpaired) electrons. The van der Waals surface area contributed by atoms with E-state index in [4.69, 9.17) is 0 Å². The topological polar surface area (TPSA) is 104 Å². The second-order valence-electron chi connectivity index (χ2n) is 7.29. The maximum atomic E-state index is 12.7. The first-order valence-corrected chi connectivity index (χ1v) is 11.3. The molecule has 3 N–H and O–H groups in total. The Morgan fingerprint density at radius 1 is 1.04 bits per heavy atom. The molecule has 0 bridgehead atoms. The van der Waals surface area contributed by atoms with E-state index in [1.165, 1.54) is 31.2 Å². The van der Waals surface area contributed by atoms with E-state index in [0.717, 1.165) is 25.7 Å². The first-order valence-electron chi connectivity index (χ1n) is 9.82. The maximum Gasteiger partial charge on any atom is 0.240 e. The number of hydrogen-bond donors (Lipinski definition) is 3. The van der Waals surface area contributed by atoms with Crippen molar-refractivity contribution in [2.24, 2.45) is 5.92 Å². The van der Waals surface area contributed by atoms with Crippen LogP contribution in [0.15, 0.2) is 29.2 Å². The zero-order valence-electron chi connectivity index (χ0n) is 17.2. The molecule has 7 nitrogen and oxygen atoms in total. The molecule has 28 heavy (non-hydrogen) atoms. The Hall–Kier alpha value is -1.93. The third-order valence-corrected chi connectivity index (χ3v) is 5.86. The number of carbonyl (C=O) groups is 2. The van der Waals surface area contributed by atoms with Gasteiger partial charge in [0.1, 0.15) is 0 Å². The second kappa shape index (κ2) is 11.8. The number of carbonyl (C=O) groups excluding carboxylic acids is 2. The van der Waals surface area contributed by atoms with E-state index in [1.807, 2.05) is 13.8 Å². The lowest BCUT2D eigenvalue weighted by atomic mass is 10.0. The molecule has 0 heterocycles. The largest absolute Gasteiger partial charge is 0.356 e. The van der Waals surface area contributed by atoms with Crippen LogP contribution in [-0.4, -0.2) is 32.8 Å². The van der Waals surface area contributed by atoms with Crippen LogP contribution in [-0.2, 0) is 19.6 Å². The van der Waals surface area contributed by atoms with Crippen LogP contribution in [0.2, 0.25) is 0 Å². The van der Waals surface area contributed by atoms with E-state index >= 15 is 0 Å². The van der Waals surface area contributed by atoms with Crippen LogP contribution in [0.1, 0.15) is 59.8 Å². The summed E-state index contributed by atoms with van der Waals surface area (Å²) in [6, 6.07) is 5.42. The highest BCUT2D eigenvalue weighted by molar-refractivity contribution is 7.89. The number of hydrogen-bond acceptors (Lipinski definition) is 4. The van der Waals surface area contributed by atoms with E-state index in [0.29, 0.717) is 12.2 Å². The average Bonchev–Trinajstić information content (AvgIpc) is 2.60. The van der Waals surface area contributed by atoms with Gasteiger partial charge in [0.05, 0.1) is 4.90 Å². The van der Waals surface area contributed by atoms with Gasteiger partial charge in [0.15, 0.2) is 0 Å². The summed E-state index contributed by atoms with van der Waals surface area (Å²) in [6.45, 7) is 7.88. The molecule has 0 unspecified atom stereocenters. The molecule has 1 rings (SSSR count). The van der Waals surface area contributed by atoms with Gasteiger partial charge in [0.25, 0.3) is 0 Å². The fourth-order valence-corrected chi connectivity index (χ4v) is 4.04. The fourth-order valence-electron chi connectivity index (χ4n) is 2.65. The molecule has 0 saturated carbocycles. The van der Waals surface area contributed by atoms with Crippen LogP contribution < -0.4 is 15.4 Å². The van der Waals surface area contributed by atoms with Gasteiger partial charge in [-0.2, -0.15) is 0 Å². The number of sulfonamides is 1. The van der Waals surface area contributed by atoms with E-state index in [1.54, 1.807) is 0 Å². The Labute approximate surface area is 168 Å². The molecule has 2 amide bonds. The number of anilines is 1. The summed E-state index contributed by atoms with van der Waals surface area (Å²) in [4.78, 5) is 23.3. The minimum Gasteiger partial charge on any atom is -0.356 e. The Balaban J connectivity index is 2.68. The lowest BCUT2D eigenvalue weighted by Crippen LogP contribution is -2.42. The van der Waals surface area contributed by atoms with Gasteiger partial charge in [-0.3, -0.25) is 9.59 Å². The van der Waals surface area contributed by atoms with Crippen molar-refractivity contribution in [2.45, 2.75) is 70.7 Å². The molecule has 1 aromatic rings. The summed E-state index contributed by atoms with van der Waals surface area (Å²) in [5, 5.41) is 5.46. The van der Waals surface area contributed by atoms with Gasteiger partial charge in [0.2, 0.25) is 21.8 Å². The molecule has 8 heteroatoms. The third-order valence-electron chi connectivity index (χ3n) is 4.35. The number of benzene rings is 1. The van der Waals surface area contributed by atoms with Gasteiger partial charge in [-0.1, -0.05) is 40.0 Å². The molecule has 0 fully saturated rings. The number of unbranched alkanes of at least 4 members (excludes halogenated alkanes) is 3. The van der Waals surface area contributed by atoms with Crippen molar-refractivity contribution in [3.8, 4) is 0 Å². The van der Waals surface area contributed by atoms with Crippen molar-refractivity contribution in [2.75, 3.05) is 11.9 Å². The molecular formula is C20H33N3O4S. The zero-order valence-corrected chi connectivity index (χ0v) is 18.1. The summed E-state index contributed by atoms with van der Waals surface area (Å²) < 4.78 is 28.0. The van der Waals surface area contributed by atoms with Crippen LogP contribution in [0.5, 0.6) is 0 Å². The highest BCUT2D eigenvalue weighted by Gasteiger charge is 2.24. The molecule has 0 aromatic heterocycles. The van der Waals surface area contributed by atoms with E-state index < -0.39 is 16.1 Å². The van der Waals surface area contributed by atoms with Crippen LogP contribution in [0.4, 0.5) is 5.69 Å². The first kappa shape index (κ1) is 24.1. The normalized spacial score (nSPS) is 12.6. The van der Waals surface area contributed by atoms with Crippen LogP contribution in [0.3, 0.4) is 0 Å². The number of rotatable bonds is 12. The monoisotopic (exact) mass is 411 g/mol. The molecule has 1 atom stereocenters.